The molecular weight excluding hydrogens is 252 g/mol. The van der Waals surface area contributed by atoms with Crippen LogP contribution in [0.2, 0.25) is 0 Å². The van der Waals surface area contributed by atoms with E-state index in [-0.39, 0.29) is 11.9 Å². The fourth-order valence-electron chi connectivity index (χ4n) is 2.50. The lowest BCUT2D eigenvalue weighted by Crippen LogP contribution is -2.64. The van der Waals surface area contributed by atoms with Crippen molar-refractivity contribution < 1.29 is 14.4 Å². The van der Waals surface area contributed by atoms with Crippen LogP contribution >= 0.6 is 11.8 Å². The van der Waals surface area contributed by atoms with Crippen LogP contribution in [0.4, 0.5) is 4.79 Å². The number of urea groups is 1. The van der Waals surface area contributed by atoms with E-state index in [0.29, 0.717) is 5.25 Å². The van der Waals surface area contributed by atoms with Gasteiger partial charge in [0.05, 0.1) is 0 Å². The van der Waals surface area contributed by atoms with Crippen LogP contribution in [0.5, 0.6) is 0 Å². The minimum atomic E-state index is -1.15. The molecule has 2 rings (SSSR count). The minimum absolute atomic E-state index is 0.0673. The topological polar surface area (TPSA) is 66.5 Å². The molecule has 5 nitrogen and oxygen atoms in total. The molecule has 0 aromatic rings. The predicted molar refractivity (Wildman–Crippen MR) is 69.1 cm³/mol. The Morgan fingerprint density at radius 1 is 1.28 bits per heavy atom. The zero-order chi connectivity index (χ0) is 13.5. The Bertz CT molecular complexity index is 408. The molecule has 6 heteroatoms. The molecule has 1 heterocycles. The number of nitrogens with zero attached hydrogens (tertiary/aromatic N) is 1. The molecule has 2 atom stereocenters. The average molecular weight is 270 g/mol. The van der Waals surface area contributed by atoms with Gasteiger partial charge in [0.15, 0.2) is 0 Å². The number of hydrogen-bond donors (Lipinski definition) is 1. The van der Waals surface area contributed by atoms with Gasteiger partial charge in [-0.05, 0) is 39.4 Å². The fourth-order valence-corrected chi connectivity index (χ4v) is 3.29. The van der Waals surface area contributed by atoms with E-state index in [4.69, 9.17) is 0 Å². The monoisotopic (exact) mass is 270 g/mol. The molecule has 0 aromatic heterocycles. The van der Waals surface area contributed by atoms with Crippen molar-refractivity contribution >= 4 is 29.6 Å². The van der Waals surface area contributed by atoms with Crippen LogP contribution in [-0.4, -0.2) is 40.3 Å². The third kappa shape index (κ3) is 2.02. The lowest BCUT2D eigenvalue weighted by atomic mass is 9.88. The second-order valence-corrected chi connectivity index (χ2v) is 6.52. The summed E-state index contributed by atoms with van der Waals surface area (Å²) < 4.78 is 0. The molecule has 1 aliphatic heterocycles. The number of carbonyl (C=O) groups excluding carboxylic acids is 3. The third-order valence-electron chi connectivity index (χ3n) is 3.82. The molecule has 0 bridgehead atoms. The smallest absolute Gasteiger partial charge is 0.277 e. The number of hydrogen-bond acceptors (Lipinski definition) is 4. The van der Waals surface area contributed by atoms with E-state index in [1.807, 2.05) is 6.26 Å². The van der Waals surface area contributed by atoms with Gasteiger partial charge in [-0.3, -0.25) is 19.8 Å². The molecule has 4 amide bonds. The fraction of sp³-hybridized carbons (Fsp3) is 0.750. The van der Waals surface area contributed by atoms with Crippen LogP contribution < -0.4 is 5.32 Å². The van der Waals surface area contributed by atoms with E-state index in [1.165, 1.54) is 4.90 Å². The predicted octanol–water partition coefficient (Wildman–Crippen LogP) is 1.38. The molecule has 2 fully saturated rings. The van der Waals surface area contributed by atoms with E-state index in [2.05, 4.69) is 5.32 Å². The number of amides is 4. The Hall–Kier alpha value is -1.04. The first-order valence-electron chi connectivity index (χ1n) is 6.09. The summed E-state index contributed by atoms with van der Waals surface area (Å²) in [5.41, 5.74) is -1.15. The summed E-state index contributed by atoms with van der Waals surface area (Å²) >= 11 is 1.77. The first-order valence-corrected chi connectivity index (χ1v) is 7.38. The van der Waals surface area contributed by atoms with Gasteiger partial charge in [-0.1, -0.05) is 0 Å². The summed E-state index contributed by atoms with van der Waals surface area (Å²) in [5.74, 6) is -0.879. The second kappa shape index (κ2) is 4.57. The van der Waals surface area contributed by atoms with E-state index in [0.717, 1.165) is 19.3 Å². The largest absolute Gasteiger partial charge is 0.331 e. The first kappa shape index (κ1) is 13.4. The number of carbonyl (C=O) groups is 3. The van der Waals surface area contributed by atoms with Crippen LogP contribution in [0.1, 0.15) is 33.1 Å². The van der Waals surface area contributed by atoms with Crippen LogP contribution in [-0.2, 0) is 9.59 Å². The third-order valence-corrected chi connectivity index (χ3v) is 4.91. The van der Waals surface area contributed by atoms with E-state index in [1.54, 1.807) is 25.6 Å². The summed E-state index contributed by atoms with van der Waals surface area (Å²) in [4.78, 5) is 37.0. The number of thioether (sulfide) groups is 1. The molecule has 1 saturated carbocycles. The van der Waals surface area contributed by atoms with Gasteiger partial charge in [0.1, 0.15) is 5.41 Å². The number of nitrogens with one attached hydrogen (secondary N) is 1. The summed E-state index contributed by atoms with van der Waals surface area (Å²) in [5, 5.41) is 2.78. The highest BCUT2D eigenvalue weighted by Gasteiger charge is 2.50. The van der Waals surface area contributed by atoms with Gasteiger partial charge in [-0.2, -0.15) is 11.8 Å². The molecule has 100 valence electrons. The van der Waals surface area contributed by atoms with Crippen molar-refractivity contribution in [3.05, 3.63) is 0 Å². The highest BCUT2D eigenvalue weighted by Crippen LogP contribution is 2.35. The lowest BCUT2D eigenvalue weighted by Gasteiger charge is -2.37. The summed E-state index contributed by atoms with van der Waals surface area (Å²) in [7, 11) is 0. The maximum Gasteiger partial charge on any atom is 0.331 e. The molecule has 0 radical (unpaired) electrons. The van der Waals surface area contributed by atoms with Crippen molar-refractivity contribution in [2.75, 3.05) is 6.26 Å². The lowest BCUT2D eigenvalue weighted by molar-refractivity contribution is -0.150. The van der Waals surface area contributed by atoms with Gasteiger partial charge < -0.3 is 0 Å². The van der Waals surface area contributed by atoms with Gasteiger partial charge in [-0.25, -0.2) is 4.79 Å². The Kier molecular flexibility index (Phi) is 3.40. The van der Waals surface area contributed by atoms with E-state index in [9.17, 15) is 14.4 Å². The Morgan fingerprint density at radius 3 is 2.50 bits per heavy atom. The number of imide groups is 2. The summed E-state index contributed by atoms with van der Waals surface area (Å²) in [6.07, 6.45) is 4.70. The molecule has 0 spiro atoms. The average Bonchev–Trinajstić information content (AvgIpc) is 2.76. The molecular formula is C12H18N2O3S. The SMILES string of the molecule is CSC1CCC(N2C(=O)NC(=O)C(C)(C)C2=O)C1. The molecule has 0 aromatic carbocycles. The zero-order valence-corrected chi connectivity index (χ0v) is 11.7. The Balaban J connectivity index is 2.20. The van der Waals surface area contributed by atoms with Crippen LogP contribution in [0.3, 0.4) is 0 Å². The van der Waals surface area contributed by atoms with Gasteiger partial charge in [0.2, 0.25) is 11.8 Å². The van der Waals surface area contributed by atoms with Gasteiger partial charge >= 0.3 is 6.03 Å². The van der Waals surface area contributed by atoms with Crippen LogP contribution in [0.25, 0.3) is 0 Å². The van der Waals surface area contributed by atoms with Gasteiger partial charge in [0, 0.05) is 11.3 Å². The van der Waals surface area contributed by atoms with Crippen molar-refractivity contribution in [3.8, 4) is 0 Å². The van der Waals surface area contributed by atoms with Gasteiger partial charge in [0.25, 0.3) is 0 Å². The second-order valence-electron chi connectivity index (χ2n) is 5.38. The normalized spacial score (nSPS) is 31.7. The Labute approximate surface area is 111 Å². The van der Waals surface area contributed by atoms with Crippen molar-refractivity contribution in [3.63, 3.8) is 0 Å². The minimum Gasteiger partial charge on any atom is -0.277 e. The van der Waals surface area contributed by atoms with Crippen molar-refractivity contribution in [2.24, 2.45) is 5.41 Å². The molecule has 2 unspecified atom stereocenters. The highest BCUT2D eigenvalue weighted by atomic mass is 32.2. The molecule has 1 N–H and O–H groups in total. The molecule has 2 aliphatic rings. The van der Waals surface area contributed by atoms with E-state index >= 15 is 0 Å². The van der Waals surface area contributed by atoms with Crippen molar-refractivity contribution in [1.29, 1.82) is 0 Å². The zero-order valence-electron chi connectivity index (χ0n) is 10.9. The maximum atomic E-state index is 12.3. The molecule has 1 aliphatic carbocycles. The van der Waals surface area contributed by atoms with Crippen LogP contribution in [0, 0.1) is 5.41 Å². The summed E-state index contributed by atoms with van der Waals surface area (Å²) in [6.45, 7) is 3.12. The van der Waals surface area contributed by atoms with Crippen molar-refractivity contribution in [1.82, 2.24) is 10.2 Å². The maximum absolute atomic E-state index is 12.3. The summed E-state index contributed by atoms with van der Waals surface area (Å²) in [6, 6.07) is -0.626. The van der Waals surface area contributed by atoms with Gasteiger partial charge in [-0.15, -0.1) is 0 Å². The standard InChI is InChI=1S/C12H18N2O3S/c1-12(2)9(15)13-11(17)14(10(12)16)7-4-5-8(6-7)18-3/h7-8H,4-6H2,1-3H3,(H,13,15,17). The van der Waals surface area contributed by atoms with Crippen LogP contribution in [0.15, 0.2) is 0 Å². The number of barbiturate groups is 1. The molecule has 18 heavy (non-hydrogen) atoms. The number of rotatable bonds is 2. The van der Waals surface area contributed by atoms with E-state index < -0.39 is 17.4 Å². The van der Waals surface area contributed by atoms with Crippen molar-refractivity contribution in [2.45, 2.75) is 44.4 Å². The quantitative estimate of drug-likeness (QED) is 0.770. The Morgan fingerprint density at radius 2 is 1.94 bits per heavy atom. The first-order chi connectivity index (χ1) is 8.37. The highest BCUT2D eigenvalue weighted by molar-refractivity contribution is 7.99. The molecule has 1 saturated heterocycles.